The molecule has 0 spiro atoms. The van der Waals surface area contributed by atoms with Gasteiger partial charge in [-0.3, -0.25) is 0 Å². The fourth-order valence-electron chi connectivity index (χ4n) is 3.14. The van der Waals surface area contributed by atoms with E-state index in [0.29, 0.717) is 0 Å². The number of hydroxylamine groups is 1. The molecule has 0 aliphatic heterocycles. The minimum Gasteiger partial charge on any atom is -0.317 e. The van der Waals surface area contributed by atoms with Gasteiger partial charge >= 0.3 is 0 Å². The Morgan fingerprint density at radius 1 is 0.636 bits per heavy atom. The molecule has 0 radical (unpaired) electrons. The number of nitrogens with one attached hydrogen (secondary N) is 1. The van der Waals surface area contributed by atoms with Gasteiger partial charge in [-0.1, -0.05) is 104 Å². The lowest BCUT2D eigenvalue weighted by Crippen LogP contribution is -2.21. The Bertz CT molecular complexity index is 208. The quantitative estimate of drug-likeness (QED) is 0.227. The highest BCUT2D eigenvalue weighted by atomic mass is 16.5. The molecule has 0 saturated carbocycles. The molecule has 2 heteroatoms. The third-order valence-corrected chi connectivity index (χ3v) is 4.85. The Morgan fingerprint density at radius 2 is 1.09 bits per heavy atom. The molecule has 0 aliphatic rings. The molecule has 0 aliphatic carbocycles. The smallest absolute Gasteiger partial charge is 0.0291 e. The van der Waals surface area contributed by atoms with Crippen molar-refractivity contribution in [3.63, 3.8) is 0 Å². The lowest BCUT2D eigenvalue weighted by molar-refractivity contribution is 0.127. The van der Waals surface area contributed by atoms with Crippen LogP contribution in [0.15, 0.2) is 0 Å². The van der Waals surface area contributed by atoms with Gasteiger partial charge in [0.2, 0.25) is 0 Å². The van der Waals surface area contributed by atoms with Crippen molar-refractivity contribution < 1.29 is 5.21 Å². The van der Waals surface area contributed by atoms with E-state index in [2.05, 4.69) is 19.3 Å². The second-order valence-electron chi connectivity index (χ2n) is 7.39. The van der Waals surface area contributed by atoms with Gasteiger partial charge in [0.1, 0.15) is 0 Å². The number of unbranched alkanes of at least 4 members (excludes halogenated alkanes) is 10. The van der Waals surface area contributed by atoms with Crippen molar-refractivity contribution in [2.45, 2.75) is 123 Å². The van der Waals surface area contributed by atoms with Crippen LogP contribution in [0.5, 0.6) is 0 Å². The minimum absolute atomic E-state index is 0.245. The topological polar surface area (TPSA) is 32.3 Å². The Balaban J connectivity index is 3.15. The summed E-state index contributed by atoms with van der Waals surface area (Å²) in [5.74, 6) is 0.851. The summed E-state index contributed by atoms with van der Waals surface area (Å²) in [4.78, 5) is 0. The predicted octanol–water partition coefficient (Wildman–Crippen LogP) is 6.86. The van der Waals surface area contributed by atoms with Gasteiger partial charge in [-0.15, -0.1) is 0 Å². The molecular formula is C20H43NO. The van der Waals surface area contributed by atoms with E-state index in [4.69, 9.17) is 5.21 Å². The zero-order chi connectivity index (χ0) is 16.5. The highest BCUT2D eigenvalue weighted by molar-refractivity contribution is 4.59. The van der Waals surface area contributed by atoms with Crippen LogP contribution in [0, 0.1) is 5.92 Å². The first-order valence-corrected chi connectivity index (χ1v) is 10.1. The van der Waals surface area contributed by atoms with Crippen LogP contribution in [0.1, 0.15) is 117 Å². The first kappa shape index (κ1) is 21.9. The van der Waals surface area contributed by atoms with Crippen molar-refractivity contribution in [2.75, 3.05) is 0 Å². The van der Waals surface area contributed by atoms with Crippen LogP contribution in [-0.4, -0.2) is 11.2 Å². The van der Waals surface area contributed by atoms with Gasteiger partial charge < -0.3 is 5.21 Å². The van der Waals surface area contributed by atoms with Crippen LogP contribution in [0.4, 0.5) is 0 Å². The first-order chi connectivity index (χ1) is 10.7. The average Bonchev–Trinajstić information content (AvgIpc) is 2.52. The highest BCUT2D eigenvalue weighted by Gasteiger charge is 2.04. The van der Waals surface area contributed by atoms with E-state index in [9.17, 15) is 0 Å². The Hall–Kier alpha value is -0.0800. The fraction of sp³-hybridized carbons (Fsp3) is 1.00. The van der Waals surface area contributed by atoms with Crippen molar-refractivity contribution in [3.05, 3.63) is 0 Å². The molecule has 0 amide bonds. The molecule has 2 atom stereocenters. The Labute approximate surface area is 140 Å². The van der Waals surface area contributed by atoms with E-state index < -0.39 is 0 Å². The van der Waals surface area contributed by atoms with Gasteiger partial charge in [0, 0.05) is 6.04 Å². The van der Waals surface area contributed by atoms with Crippen LogP contribution in [-0.2, 0) is 0 Å². The summed E-state index contributed by atoms with van der Waals surface area (Å²) in [7, 11) is 0. The van der Waals surface area contributed by atoms with E-state index in [-0.39, 0.29) is 6.04 Å². The Morgan fingerprint density at radius 3 is 1.59 bits per heavy atom. The molecule has 2 nitrogen and oxygen atoms in total. The van der Waals surface area contributed by atoms with Crippen molar-refractivity contribution in [2.24, 2.45) is 5.92 Å². The molecule has 22 heavy (non-hydrogen) atoms. The minimum atomic E-state index is 0.245. The SMILES string of the molecule is CCCCCCCCCCCCCC(C)CCCC(C)NO. The largest absolute Gasteiger partial charge is 0.317 e. The van der Waals surface area contributed by atoms with E-state index >= 15 is 0 Å². The Kier molecular flexibility index (Phi) is 17.2. The van der Waals surface area contributed by atoms with Crippen LogP contribution in [0.2, 0.25) is 0 Å². The maximum atomic E-state index is 8.77. The molecule has 0 fully saturated rings. The number of hydrogen-bond donors (Lipinski definition) is 2. The molecule has 0 aromatic carbocycles. The van der Waals surface area contributed by atoms with E-state index in [1.807, 2.05) is 6.92 Å². The maximum absolute atomic E-state index is 8.77. The zero-order valence-electron chi connectivity index (χ0n) is 15.7. The van der Waals surface area contributed by atoms with Crippen molar-refractivity contribution in [1.82, 2.24) is 5.48 Å². The first-order valence-electron chi connectivity index (χ1n) is 10.1. The molecule has 134 valence electrons. The summed E-state index contributed by atoms with van der Waals surface area (Å²) in [6, 6.07) is 0.245. The standard InChI is InChI=1S/C20H43NO/c1-4-5-6-7-8-9-10-11-12-13-14-16-19(2)17-15-18-20(3)21-22/h19-22H,4-18H2,1-3H3. The van der Waals surface area contributed by atoms with Gasteiger partial charge in [-0.2, -0.15) is 0 Å². The molecule has 0 saturated heterocycles. The van der Waals surface area contributed by atoms with Crippen molar-refractivity contribution in [3.8, 4) is 0 Å². The van der Waals surface area contributed by atoms with Crippen molar-refractivity contribution in [1.29, 1.82) is 0 Å². The van der Waals surface area contributed by atoms with Crippen LogP contribution >= 0.6 is 0 Å². The van der Waals surface area contributed by atoms with E-state index in [1.54, 1.807) is 0 Å². The van der Waals surface area contributed by atoms with Gasteiger partial charge in [0.25, 0.3) is 0 Å². The summed E-state index contributed by atoms with van der Waals surface area (Å²) < 4.78 is 0. The molecular weight excluding hydrogens is 270 g/mol. The van der Waals surface area contributed by atoms with E-state index in [0.717, 1.165) is 12.3 Å². The lowest BCUT2D eigenvalue weighted by Gasteiger charge is -2.13. The monoisotopic (exact) mass is 313 g/mol. The lowest BCUT2D eigenvalue weighted by atomic mass is 9.96. The average molecular weight is 314 g/mol. The third-order valence-electron chi connectivity index (χ3n) is 4.85. The maximum Gasteiger partial charge on any atom is 0.0291 e. The number of hydrogen-bond acceptors (Lipinski definition) is 2. The normalized spacial score (nSPS) is 14.2. The summed E-state index contributed by atoms with van der Waals surface area (Å²) in [6.45, 7) is 6.70. The molecule has 2 N–H and O–H groups in total. The van der Waals surface area contributed by atoms with Gasteiger partial charge in [-0.05, 0) is 19.3 Å². The van der Waals surface area contributed by atoms with Gasteiger partial charge in [0.05, 0.1) is 0 Å². The molecule has 0 rings (SSSR count). The summed E-state index contributed by atoms with van der Waals surface area (Å²) >= 11 is 0. The van der Waals surface area contributed by atoms with E-state index in [1.165, 1.54) is 89.9 Å². The van der Waals surface area contributed by atoms with Crippen LogP contribution in [0.25, 0.3) is 0 Å². The summed E-state index contributed by atoms with van der Waals surface area (Å²) in [6.07, 6.45) is 20.8. The zero-order valence-corrected chi connectivity index (χ0v) is 15.7. The van der Waals surface area contributed by atoms with Gasteiger partial charge in [-0.25, -0.2) is 5.48 Å². The fourth-order valence-corrected chi connectivity index (χ4v) is 3.14. The van der Waals surface area contributed by atoms with Crippen molar-refractivity contribution >= 4 is 0 Å². The number of rotatable bonds is 17. The van der Waals surface area contributed by atoms with Crippen LogP contribution in [0.3, 0.4) is 0 Å². The third kappa shape index (κ3) is 16.3. The molecule has 0 aromatic heterocycles. The molecule has 2 unspecified atom stereocenters. The van der Waals surface area contributed by atoms with Crippen LogP contribution < -0.4 is 5.48 Å². The summed E-state index contributed by atoms with van der Waals surface area (Å²) in [5, 5.41) is 8.77. The second kappa shape index (κ2) is 17.3. The summed E-state index contributed by atoms with van der Waals surface area (Å²) in [5.41, 5.74) is 2.33. The second-order valence-corrected chi connectivity index (χ2v) is 7.39. The van der Waals surface area contributed by atoms with Gasteiger partial charge in [0.15, 0.2) is 0 Å². The molecule has 0 bridgehead atoms. The predicted molar refractivity (Wildman–Crippen MR) is 98.5 cm³/mol. The highest BCUT2D eigenvalue weighted by Crippen LogP contribution is 2.18. The molecule has 0 aromatic rings. The molecule has 0 heterocycles.